The third kappa shape index (κ3) is 5.17. The van der Waals surface area contributed by atoms with Gasteiger partial charge in [0.25, 0.3) is 0 Å². The van der Waals surface area contributed by atoms with Crippen LogP contribution in [0.4, 0.5) is 5.82 Å². The molecule has 1 amide bonds. The largest absolute Gasteiger partial charge is 0.370 e. The molecule has 5 nitrogen and oxygen atoms in total. The molecule has 0 saturated heterocycles. The lowest BCUT2D eigenvalue weighted by Crippen LogP contribution is -2.11. The van der Waals surface area contributed by atoms with Crippen LogP contribution in [0.1, 0.15) is 19.3 Å². The molecule has 1 aromatic heterocycles. The topological polar surface area (TPSA) is 80.9 Å². The fourth-order valence-corrected chi connectivity index (χ4v) is 1.15. The first-order valence-corrected chi connectivity index (χ1v) is 5.07. The highest BCUT2D eigenvalue weighted by atomic mass is 35.5. The number of primary amides is 1. The zero-order chi connectivity index (χ0) is 11.1. The highest BCUT2D eigenvalue weighted by Gasteiger charge is 1.96. The van der Waals surface area contributed by atoms with Crippen LogP contribution in [-0.4, -0.2) is 22.6 Å². The van der Waals surface area contributed by atoms with E-state index < -0.39 is 0 Å². The zero-order valence-corrected chi connectivity index (χ0v) is 9.00. The quantitative estimate of drug-likeness (QED) is 0.717. The molecule has 0 atom stereocenters. The number of carbonyl (C=O) groups is 1. The van der Waals surface area contributed by atoms with E-state index in [0.29, 0.717) is 17.4 Å². The molecule has 1 heterocycles. The van der Waals surface area contributed by atoms with Gasteiger partial charge < -0.3 is 11.1 Å². The monoisotopic (exact) mass is 228 g/mol. The van der Waals surface area contributed by atoms with Crippen LogP contribution in [0.2, 0.25) is 5.15 Å². The van der Waals surface area contributed by atoms with Gasteiger partial charge in [0.2, 0.25) is 5.91 Å². The first-order chi connectivity index (χ1) is 7.18. The van der Waals surface area contributed by atoms with Crippen LogP contribution >= 0.6 is 11.6 Å². The molecule has 0 unspecified atom stereocenters. The van der Waals surface area contributed by atoms with Crippen molar-refractivity contribution in [2.45, 2.75) is 19.3 Å². The van der Waals surface area contributed by atoms with Crippen LogP contribution in [-0.2, 0) is 4.79 Å². The molecule has 1 rings (SSSR count). The zero-order valence-electron chi connectivity index (χ0n) is 8.24. The van der Waals surface area contributed by atoms with E-state index in [2.05, 4.69) is 15.5 Å². The van der Waals surface area contributed by atoms with Crippen molar-refractivity contribution in [3.8, 4) is 0 Å². The van der Waals surface area contributed by atoms with Crippen LogP contribution in [0.3, 0.4) is 0 Å². The number of unbranched alkanes of at least 4 members (excludes halogenated alkanes) is 1. The number of aromatic nitrogens is 2. The summed E-state index contributed by atoms with van der Waals surface area (Å²) in [6.07, 6.45) is 2.07. The molecule has 0 fully saturated rings. The number of anilines is 1. The summed E-state index contributed by atoms with van der Waals surface area (Å²) in [5.74, 6) is 0.416. The molecule has 0 spiro atoms. The molecule has 15 heavy (non-hydrogen) atoms. The van der Waals surface area contributed by atoms with Gasteiger partial charge in [0.1, 0.15) is 5.82 Å². The number of hydrogen-bond acceptors (Lipinski definition) is 4. The van der Waals surface area contributed by atoms with Gasteiger partial charge in [-0.15, -0.1) is 10.2 Å². The molecule has 0 aliphatic carbocycles. The third-order valence-corrected chi connectivity index (χ3v) is 1.99. The van der Waals surface area contributed by atoms with Gasteiger partial charge in [-0.2, -0.15) is 0 Å². The molecule has 0 radical (unpaired) electrons. The van der Waals surface area contributed by atoms with Crippen LogP contribution in [0.5, 0.6) is 0 Å². The molecular weight excluding hydrogens is 216 g/mol. The van der Waals surface area contributed by atoms with Crippen LogP contribution in [0.15, 0.2) is 12.1 Å². The fraction of sp³-hybridized carbons (Fsp3) is 0.444. The van der Waals surface area contributed by atoms with E-state index in [1.807, 2.05) is 0 Å². The number of nitrogens with two attached hydrogens (primary N) is 1. The van der Waals surface area contributed by atoms with Crippen molar-refractivity contribution in [2.24, 2.45) is 5.73 Å². The SMILES string of the molecule is NC(=O)CCCCNc1ccc(Cl)nn1. The van der Waals surface area contributed by atoms with Crippen LogP contribution in [0.25, 0.3) is 0 Å². The summed E-state index contributed by atoms with van der Waals surface area (Å²) >= 11 is 5.58. The lowest BCUT2D eigenvalue weighted by atomic mass is 10.2. The molecule has 3 N–H and O–H groups in total. The van der Waals surface area contributed by atoms with Crippen molar-refractivity contribution in [3.05, 3.63) is 17.3 Å². The number of rotatable bonds is 6. The van der Waals surface area contributed by atoms with E-state index in [9.17, 15) is 4.79 Å². The van der Waals surface area contributed by atoms with Gasteiger partial charge in [-0.1, -0.05) is 11.6 Å². The number of hydrogen-bond donors (Lipinski definition) is 2. The molecule has 0 bridgehead atoms. The minimum absolute atomic E-state index is 0.263. The summed E-state index contributed by atoms with van der Waals surface area (Å²) in [5, 5.41) is 10.9. The van der Waals surface area contributed by atoms with Gasteiger partial charge >= 0.3 is 0 Å². The number of halogens is 1. The third-order valence-electron chi connectivity index (χ3n) is 1.79. The fourth-order valence-electron chi connectivity index (χ4n) is 1.05. The van der Waals surface area contributed by atoms with E-state index in [1.165, 1.54) is 0 Å². The van der Waals surface area contributed by atoms with Gasteiger partial charge in [0.15, 0.2) is 5.15 Å². The van der Waals surface area contributed by atoms with Gasteiger partial charge in [0.05, 0.1) is 0 Å². The van der Waals surface area contributed by atoms with Crippen molar-refractivity contribution < 1.29 is 4.79 Å². The van der Waals surface area contributed by atoms with E-state index in [1.54, 1.807) is 12.1 Å². The molecule has 0 aromatic carbocycles. The van der Waals surface area contributed by atoms with Gasteiger partial charge in [-0.05, 0) is 25.0 Å². The second-order valence-corrected chi connectivity index (χ2v) is 3.48. The second kappa shape index (κ2) is 6.19. The number of nitrogens with one attached hydrogen (secondary N) is 1. The lowest BCUT2D eigenvalue weighted by Gasteiger charge is -2.03. The molecule has 6 heteroatoms. The van der Waals surface area contributed by atoms with Crippen molar-refractivity contribution in [3.63, 3.8) is 0 Å². The number of carbonyl (C=O) groups excluding carboxylic acids is 1. The maximum atomic E-state index is 10.4. The van der Waals surface area contributed by atoms with Crippen LogP contribution in [0, 0.1) is 0 Å². The lowest BCUT2D eigenvalue weighted by molar-refractivity contribution is -0.118. The van der Waals surface area contributed by atoms with E-state index >= 15 is 0 Å². The normalized spacial score (nSPS) is 9.93. The van der Waals surface area contributed by atoms with E-state index in [-0.39, 0.29) is 5.91 Å². The molecule has 82 valence electrons. The first-order valence-electron chi connectivity index (χ1n) is 4.70. The van der Waals surface area contributed by atoms with Crippen molar-refractivity contribution in [1.82, 2.24) is 10.2 Å². The Balaban J connectivity index is 2.15. The van der Waals surface area contributed by atoms with Crippen molar-refractivity contribution >= 4 is 23.3 Å². The minimum atomic E-state index is -0.263. The van der Waals surface area contributed by atoms with Crippen LogP contribution < -0.4 is 11.1 Å². The molecule has 0 saturated carbocycles. The number of nitrogens with zero attached hydrogens (tertiary/aromatic N) is 2. The second-order valence-electron chi connectivity index (χ2n) is 3.09. The summed E-state index contributed by atoms with van der Waals surface area (Å²) in [4.78, 5) is 10.4. The maximum absolute atomic E-state index is 10.4. The minimum Gasteiger partial charge on any atom is -0.370 e. The summed E-state index contributed by atoms with van der Waals surface area (Å²) in [6, 6.07) is 3.42. The van der Waals surface area contributed by atoms with E-state index in [0.717, 1.165) is 19.4 Å². The van der Waals surface area contributed by atoms with Crippen molar-refractivity contribution in [2.75, 3.05) is 11.9 Å². The Hall–Kier alpha value is -1.36. The highest BCUT2D eigenvalue weighted by Crippen LogP contribution is 2.06. The molecule has 0 aliphatic heterocycles. The highest BCUT2D eigenvalue weighted by molar-refractivity contribution is 6.29. The molecule has 1 aromatic rings. The Labute approximate surface area is 93.0 Å². The predicted octanol–water partition coefficient (Wildman–Crippen LogP) is 1.20. The summed E-state index contributed by atoms with van der Waals surface area (Å²) < 4.78 is 0. The average Bonchev–Trinajstić information content (AvgIpc) is 2.20. The van der Waals surface area contributed by atoms with Gasteiger partial charge in [-0.25, -0.2) is 0 Å². The Morgan fingerprint density at radius 2 is 2.20 bits per heavy atom. The Morgan fingerprint density at radius 1 is 1.40 bits per heavy atom. The summed E-state index contributed by atoms with van der Waals surface area (Å²) in [6.45, 7) is 0.740. The predicted molar refractivity (Wildman–Crippen MR) is 58.6 cm³/mol. The summed E-state index contributed by atoms with van der Waals surface area (Å²) in [7, 11) is 0. The Morgan fingerprint density at radius 3 is 2.80 bits per heavy atom. The smallest absolute Gasteiger partial charge is 0.217 e. The van der Waals surface area contributed by atoms with Crippen molar-refractivity contribution in [1.29, 1.82) is 0 Å². The van der Waals surface area contributed by atoms with Gasteiger partial charge in [-0.3, -0.25) is 4.79 Å². The Kier molecular flexibility index (Phi) is 4.83. The molecule has 0 aliphatic rings. The van der Waals surface area contributed by atoms with E-state index in [4.69, 9.17) is 17.3 Å². The number of amides is 1. The average molecular weight is 229 g/mol. The maximum Gasteiger partial charge on any atom is 0.217 e. The summed E-state index contributed by atoms with van der Waals surface area (Å²) in [5.41, 5.74) is 5.01. The first kappa shape index (κ1) is 11.7. The standard InChI is InChI=1S/C9H13ClN4O/c10-7-4-5-9(14-13-7)12-6-2-1-3-8(11)15/h4-5H,1-3,6H2,(H2,11,15)(H,12,14). The Bertz CT molecular complexity index is 314. The van der Waals surface area contributed by atoms with Gasteiger partial charge in [0, 0.05) is 13.0 Å². The molecular formula is C9H13ClN4O.